The molecule has 0 saturated heterocycles. The highest BCUT2D eigenvalue weighted by atomic mass is 79.9. The van der Waals surface area contributed by atoms with Gasteiger partial charge in [0.1, 0.15) is 0 Å². The van der Waals surface area contributed by atoms with E-state index in [1.165, 1.54) is 12.3 Å². The van der Waals surface area contributed by atoms with Crippen molar-refractivity contribution >= 4 is 26.8 Å². The summed E-state index contributed by atoms with van der Waals surface area (Å²) in [5.41, 5.74) is 0.266. The van der Waals surface area contributed by atoms with Gasteiger partial charge in [-0.15, -0.1) is 0 Å². The highest BCUT2D eigenvalue weighted by Crippen LogP contribution is 2.41. The molecule has 0 aliphatic carbocycles. The molecule has 0 bridgehead atoms. The molecule has 0 saturated carbocycles. The van der Waals surface area contributed by atoms with Crippen molar-refractivity contribution in [3.05, 3.63) is 64.8 Å². The Kier molecular flexibility index (Phi) is 3.45. The zero-order chi connectivity index (χ0) is 15.0. The molecular formula is C16H9BrF3N. The minimum atomic E-state index is -4.44. The molecule has 0 atom stereocenters. The van der Waals surface area contributed by atoms with Gasteiger partial charge in [0.2, 0.25) is 0 Å². The summed E-state index contributed by atoms with van der Waals surface area (Å²) in [4.78, 5) is 4.16. The molecule has 1 heterocycles. The molecule has 3 aromatic rings. The molecule has 5 heteroatoms. The molecule has 2 aromatic carbocycles. The second-order valence-electron chi connectivity index (χ2n) is 4.57. The van der Waals surface area contributed by atoms with Crippen molar-refractivity contribution in [1.29, 1.82) is 0 Å². The highest BCUT2D eigenvalue weighted by Gasteiger charge is 2.36. The van der Waals surface area contributed by atoms with Gasteiger partial charge in [-0.3, -0.25) is 4.98 Å². The highest BCUT2D eigenvalue weighted by molar-refractivity contribution is 9.10. The lowest BCUT2D eigenvalue weighted by molar-refractivity contribution is -0.135. The molecule has 0 fully saturated rings. The summed E-state index contributed by atoms with van der Waals surface area (Å²) in [6.45, 7) is 0. The van der Waals surface area contributed by atoms with Gasteiger partial charge in [-0.1, -0.05) is 52.3 Å². The smallest absolute Gasteiger partial charge is 0.256 e. The molecule has 0 amide bonds. The summed E-state index contributed by atoms with van der Waals surface area (Å²) in [5.74, 6) is 0. The molecule has 0 aliphatic heterocycles. The Bertz CT molecular complexity index is 798. The first-order chi connectivity index (χ1) is 9.97. The van der Waals surface area contributed by atoms with Gasteiger partial charge < -0.3 is 0 Å². The van der Waals surface area contributed by atoms with Crippen LogP contribution in [0.3, 0.4) is 0 Å². The number of pyridine rings is 1. The van der Waals surface area contributed by atoms with Gasteiger partial charge in [0.05, 0.1) is 11.1 Å². The quantitative estimate of drug-likeness (QED) is 0.549. The average Bonchev–Trinajstić information content (AvgIpc) is 2.45. The largest absolute Gasteiger partial charge is 0.417 e. The predicted molar refractivity (Wildman–Crippen MR) is 79.9 cm³/mol. The number of benzene rings is 2. The zero-order valence-electron chi connectivity index (χ0n) is 10.7. The Morgan fingerprint density at radius 3 is 2.33 bits per heavy atom. The Balaban J connectivity index is 2.38. The number of rotatable bonds is 1. The summed E-state index contributed by atoms with van der Waals surface area (Å²) in [6, 6.07) is 13.1. The average molecular weight is 352 g/mol. The summed E-state index contributed by atoms with van der Waals surface area (Å²) in [5, 5.41) is 0.104. The molecule has 3 rings (SSSR count). The van der Waals surface area contributed by atoms with Crippen molar-refractivity contribution in [3.8, 4) is 11.1 Å². The Morgan fingerprint density at radius 1 is 0.952 bits per heavy atom. The van der Waals surface area contributed by atoms with E-state index in [2.05, 4.69) is 20.9 Å². The van der Waals surface area contributed by atoms with Crippen molar-refractivity contribution in [2.75, 3.05) is 0 Å². The predicted octanol–water partition coefficient (Wildman–Crippen LogP) is 5.68. The summed E-state index contributed by atoms with van der Waals surface area (Å²) in [6.07, 6.45) is -3.16. The van der Waals surface area contributed by atoms with Crippen molar-refractivity contribution in [3.63, 3.8) is 0 Å². The maximum absolute atomic E-state index is 13.5. The Morgan fingerprint density at radius 2 is 1.67 bits per heavy atom. The molecule has 0 unspecified atom stereocenters. The Labute approximate surface area is 127 Å². The van der Waals surface area contributed by atoms with Crippen LogP contribution in [0, 0.1) is 0 Å². The molecule has 0 radical (unpaired) electrons. The third kappa shape index (κ3) is 2.65. The van der Waals surface area contributed by atoms with Crippen LogP contribution in [0.4, 0.5) is 13.2 Å². The second kappa shape index (κ2) is 5.15. The second-order valence-corrected chi connectivity index (χ2v) is 5.49. The molecular weight excluding hydrogens is 343 g/mol. The standard InChI is InChI=1S/C16H9BrF3N/c17-11-6-7-12-14(8-11)21-9-13(15(12)16(18,19)20)10-4-2-1-3-5-10/h1-9H. The molecule has 0 spiro atoms. The van der Waals surface area contributed by atoms with Crippen LogP contribution < -0.4 is 0 Å². The number of fused-ring (bicyclic) bond motifs is 1. The Hall–Kier alpha value is -1.88. The number of alkyl halides is 3. The van der Waals surface area contributed by atoms with Gasteiger partial charge in [-0.2, -0.15) is 13.2 Å². The van der Waals surface area contributed by atoms with Crippen molar-refractivity contribution in [2.45, 2.75) is 6.18 Å². The number of aromatic nitrogens is 1. The summed E-state index contributed by atoms with van der Waals surface area (Å²) >= 11 is 3.25. The number of nitrogens with zero attached hydrogens (tertiary/aromatic N) is 1. The zero-order valence-corrected chi connectivity index (χ0v) is 12.2. The van der Waals surface area contributed by atoms with E-state index < -0.39 is 11.7 Å². The minimum Gasteiger partial charge on any atom is -0.256 e. The van der Waals surface area contributed by atoms with Crippen LogP contribution in [0.25, 0.3) is 22.0 Å². The number of hydrogen-bond donors (Lipinski definition) is 0. The third-order valence-electron chi connectivity index (χ3n) is 3.20. The number of hydrogen-bond acceptors (Lipinski definition) is 1. The monoisotopic (exact) mass is 351 g/mol. The lowest BCUT2D eigenvalue weighted by atomic mass is 9.97. The lowest BCUT2D eigenvalue weighted by Gasteiger charge is -2.15. The molecule has 1 aromatic heterocycles. The van der Waals surface area contributed by atoms with Crippen LogP contribution >= 0.6 is 15.9 Å². The lowest BCUT2D eigenvalue weighted by Crippen LogP contribution is -2.09. The molecule has 1 nitrogen and oxygen atoms in total. The van der Waals surface area contributed by atoms with Gasteiger partial charge in [0.15, 0.2) is 0 Å². The van der Waals surface area contributed by atoms with E-state index in [0.29, 0.717) is 15.6 Å². The van der Waals surface area contributed by atoms with E-state index in [-0.39, 0.29) is 10.9 Å². The summed E-state index contributed by atoms with van der Waals surface area (Å²) < 4.78 is 41.3. The maximum Gasteiger partial charge on any atom is 0.417 e. The van der Waals surface area contributed by atoms with Gasteiger partial charge in [0.25, 0.3) is 0 Å². The topological polar surface area (TPSA) is 12.9 Å². The van der Waals surface area contributed by atoms with Gasteiger partial charge in [-0.25, -0.2) is 0 Å². The first-order valence-electron chi connectivity index (χ1n) is 6.18. The molecule has 0 aliphatic rings. The summed E-state index contributed by atoms with van der Waals surface area (Å²) in [7, 11) is 0. The van der Waals surface area contributed by atoms with Crippen LogP contribution in [-0.2, 0) is 6.18 Å². The molecule has 21 heavy (non-hydrogen) atoms. The van der Waals surface area contributed by atoms with E-state index in [1.807, 2.05) is 0 Å². The van der Waals surface area contributed by atoms with E-state index in [0.717, 1.165) is 0 Å². The van der Waals surface area contributed by atoms with Crippen LogP contribution in [0.5, 0.6) is 0 Å². The SMILES string of the molecule is FC(F)(F)c1c(-c2ccccc2)cnc2cc(Br)ccc12. The van der Waals surface area contributed by atoms with Gasteiger partial charge in [-0.05, 0) is 17.7 Å². The van der Waals surface area contributed by atoms with E-state index in [4.69, 9.17) is 0 Å². The van der Waals surface area contributed by atoms with Crippen LogP contribution in [0.15, 0.2) is 59.2 Å². The first kappa shape index (κ1) is 14.1. The fraction of sp³-hybridized carbons (Fsp3) is 0.0625. The van der Waals surface area contributed by atoms with Gasteiger partial charge in [0, 0.05) is 21.6 Å². The van der Waals surface area contributed by atoms with E-state index in [9.17, 15) is 13.2 Å². The first-order valence-corrected chi connectivity index (χ1v) is 6.97. The van der Waals surface area contributed by atoms with Crippen molar-refractivity contribution in [2.24, 2.45) is 0 Å². The number of halogens is 4. The van der Waals surface area contributed by atoms with Crippen LogP contribution in [0.2, 0.25) is 0 Å². The third-order valence-corrected chi connectivity index (χ3v) is 3.69. The van der Waals surface area contributed by atoms with E-state index >= 15 is 0 Å². The minimum absolute atomic E-state index is 0.0953. The van der Waals surface area contributed by atoms with Crippen LogP contribution in [-0.4, -0.2) is 4.98 Å². The van der Waals surface area contributed by atoms with Crippen molar-refractivity contribution in [1.82, 2.24) is 4.98 Å². The fourth-order valence-corrected chi connectivity index (χ4v) is 2.66. The normalized spacial score (nSPS) is 11.8. The van der Waals surface area contributed by atoms with Crippen molar-refractivity contribution < 1.29 is 13.2 Å². The van der Waals surface area contributed by atoms with E-state index in [1.54, 1.807) is 42.5 Å². The van der Waals surface area contributed by atoms with Gasteiger partial charge >= 0.3 is 6.18 Å². The fourth-order valence-electron chi connectivity index (χ4n) is 2.31. The molecule has 0 N–H and O–H groups in total. The maximum atomic E-state index is 13.5. The van der Waals surface area contributed by atoms with Crippen LogP contribution in [0.1, 0.15) is 5.56 Å². The molecule has 106 valence electrons.